The largest absolute Gasteiger partial charge is 0.347 e. The second-order valence-corrected chi connectivity index (χ2v) is 6.05. The molecule has 3 rings (SSSR count). The zero-order chi connectivity index (χ0) is 19.2. The summed E-state index contributed by atoms with van der Waals surface area (Å²) in [5.74, 6) is -1.44. The van der Waals surface area contributed by atoms with Crippen LogP contribution in [-0.4, -0.2) is 16.8 Å². The molecule has 0 bridgehead atoms. The Balaban J connectivity index is 1.68. The maximum absolute atomic E-state index is 13.2. The molecule has 0 aliphatic carbocycles. The molecule has 0 atom stereocenters. The van der Waals surface area contributed by atoms with Gasteiger partial charge in [0.25, 0.3) is 11.8 Å². The zero-order valence-electron chi connectivity index (χ0n) is 14.1. The first-order valence-electron chi connectivity index (χ1n) is 8.08. The van der Waals surface area contributed by atoms with Gasteiger partial charge >= 0.3 is 0 Å². The van der Waals surface area contributed by atoms with Gasteiger partial charge in [0, 0.05) is 17.3 Å². The SMILES string of the molecule is O=C(NCc1ccccc1Cl)c1cccc(C(=O)Nc2cccc(F)c2)n1. The molecule has 1 aromatic heterocycles. The third-order valence-electron chi connectivity index (χ3n) is 3.69. The number of carbonyl (C=O) groups excluding carboxylic acids is 2. The summed E-state index contributed by atoms with van der Waals surface area (Å²) in [4.78, 5) is 28.7. The molecule has 0 saturated carbocycles. The van der Waals surface area contributed by atoms with E-state index in [9.17, 15) is 14.0 Å². The zero-order valence-corrected chi connectivity index (χ0v) is 14.8. The molecule has 0 saturated heterocycles. The van der Waals surface area contributed by atoms with Crippen LogP contribution in [0, 0.1) is 5.82 Å². The summed E-state index contributed by atoms with van der Waals surface area (Å²) in [6, 6.07) is 17.2. The lowest BCUT2D eigenvalue weighted by Gasteiger charge is -2.08. The highest BCUT2D eigenvalue weighted by Gasteiger charge is 2.13. The third kappa shape index (κ3) is 4.89. The molecule has 5 nitrogen and oxygen atoms in total. The number of halogens is 2. The molecule has 1 heterocycles. The van der Waals surface area contributed by atoms with Gasteiger partial charge in [0.1, 0.15) is 17.2 Å². The van der Waals surface area contributed by atoms with Crippen LogP contribution >= 0.6 is 11.6 Å². The monoisotopic (exact) mass is 383 g/mol. The van der Waals surface area contributed by atoms with Crippen LogP contribution in [0.1, 0.15) is 26.5 Å². The minimum Gasteiger partial charge on any atom is -0.347 e. The molecular weight excluding hydrogens is 369 g/mol. The van der Waals surface area contributed by atoms with E-state index in [1.807, 2.05) is 6.07 Å². The standard InChI is InChI=1S/C20H15ClFN3O2/c21-16-8-2-1-5-13(16)12-23-19(26)17-9-4-10-18(25-17)20(27)24-15-7-3-6-14(22)11-15/h1-11H,12H2,(H,23,26)(H,24,27). The number of nitrogens with one attached hydrogen (secondary N) is 2. The first-order chi connectivity index (χ1) is 13.0. The highest BCUT2D eigenvalue weighted by atomic mass is 35.5. The summed E-state index contributed by atoms with van der Waals surface area (Å²) in [5.41, 5.74) is 1.21. The Hall–Kier alpha value is -3.25. The number of carbonyl (C=O) groups is 2. The number of aromatic nitrogens is 1. The van der Waals surface area contributed by atoms with E-state index < -0.39 is 17.6 Å². The first kappa shape index (κ1) is 18.5. The van der Waals surface area contributed by atoms with Gasteiger partial charge in [-0.2, -0.15) is 0 Å². The van der Waals surface area contributed by atoms with E-state index in [0.29, 0.717) is 10.7 Å². The van der Waals surface area contributed by atoms with Crippen molar-refractivity contribution < 1.29 is 14.0 Å². The Morgan fingerprint density at radius 1 is 0.926 bits per heavy atom. The van der Waals surface area contributed by atoms with Gasteiger partial charge in [-0.3, -0.25) is 9.59 Å². The molecule has 0 aliphatic rings. The van der Waals surface area contributed by atoms with E-state index in [-0.39, 0.29) is 17.9 Å². The van der Waals surface area contributed by atoms with Crippen molar-refractivity contribution in [3.63, 3.8) is 0 Å². The van der Waals surface area contributed by atoms with Crippen LogP contribution in [-0.2, 0) is 6.54 Å². The molecule has 2 N–H and O–H groups in total. The fourth-order valence-electron chi connectivity index (χ4n) is 2.36. The molecule has 0 unspecified atom stereocenters. The minimum absolute atomic E-state index is 0.0460. The number of amides is 2. The maximum Gasteiger partial charge on any atom is 0.274 e. The highest BCUT2D eigenvalue weighted by molar-refractivity contribution is 6.31. The van der Waals surface area contributed by atoms with E-state index in [2.05, 4.69) is 15.6 Å². The van der Waals surface area contributed by atoms with E-state index in [1.165, 1.54) is 30.3 Å². The summed E-state index contributed by atoms with van der Waals surface area (Å²) >= 11 is 6.06. The molecule has 2 amide bonds. The molecule has 3 aromatic rings. The first-order valence-corrected chi connectivity index (χ1v) is 8.46. The second kappa shape index (κ2) is 8.42. The molecule has 27 heavy (non-hydrogen) atoms. The lowest BCUT2D eigenvalue weighted by Crippen LogP contribution is -2.25. The molecule has 7 heteroatoms. The Morgan fingerprint density at radius 2 is 1.63 bits per heavy atom. The quantitative estimate of drug-likeness (QED) is 0.698. The molecule has 0 fully saturated rings. The number of rotatable bonds is 5. The topological polar surface area (TPSA) is 71.1 Å². The van der Waals surface area contributed by atoms with Gasteiger partial charge in [0.2, 0.25) is 0 Å². The smallest absolute Gasteiger partial charge is 0.274 e. The van der Waals surface area contributed by atoms with Gasteiger partial charge in [-0.15, -0.1) is 0 Å². The van der Waals surface area contributed by atoms with Crippen molar-refractivity contribution in [1.29, 1.82) is 0 Å². The second-order valence-electron chi connectivity index (χ2n) is 5.65. The van der Waals surface area contributed by atoms with Gasteiger partial charge in [-0.25, -0.2) is 9.37 Å². The van der Waals surface area contributed by atoms with Gasteiger partial charge in [0.05, 0.1) is 0 Å². The van der Waals surface area contributed by atoms with E-state index in [1.54, 1.807) is 30.3 Å². The van der Waals surface area contributed by atoms with Crippen LogP contribution in [0.5, 0.6) is 0 Å². The van der Waals surface area contributed by atoms with Gasteiger partial charge in [0.15, 0.2) is 0 Å². The van der Waals surface area contributed by atoms with E-state index in [0.717, 1.165) is 5.56 Å². The number of benzene rings is 2. The van der Waals surface area contributed by atoms with Crippen molar-refractivity contribution in [2.24, 2.45) is 0 Å². The number of nitrogens with zero attached hydrogens (tertiary/aromatic N) is 1. The lowest BCUT2D eigenvalue weighted by atomic mass is 10.2. The van der Waals surface area contributed by atoms with Crippen molar-refractivity contribution in [3.05, 3.63) is 94.5 Å². The van der Waals surface area contributed by atoms with Gasteiger partial charge in [-0.1, -0.05) is 41.9 Å². The average Bonchev–Trinajstić information content (AvgIpc) is 2.67. The van der Waals surface area contributed by atoms with Crippen LogP contribution < -0.4 is 10.6 Å². The fraction of sp³-hybridized carbons (Fsp3) is 0.0500. The van der Waals surface area contributed by atoms with Gasteiger partial charge in [-0.05, 0) is 42.0 Å². The van der Waals surface area contributed by atoms with Crippen LogP contribution in [0.15, 0.2) is 66.7 Å². The van der Waals surface area contributed by atoms with Crippen LogP contribution in [0.2, 0.25) is 5.02 Å². The summed E-state index contributed by atoms with van der Waals surface area (Å²) in [6.07, 6.45) is 0. The molecule has 2 aromatic carbocycles. The van der Waals surface area contributed by atoms with Crippen molar-refractivity contribution in [2.45, 2.75) is 6.54 Å². The van der Waals surface area contributed by atoms with E-state index in [4.69, 9.17) is 11.6 Å². The van der Waals surface area contributed by atoms with Crippen molar-refractivity contribution >= 4 is 29.1 Å². The Bertz CT molecular complexity index is 994. The third-order valence-corrected chi connectivity index (χ3v) is 4.06. The summed E-state index contributed by atoms with van der Waals surface area (Å²) < 4.78 is 13.2. The number of anilines is 1. The maximum atomic E-state index is 13.2. The number of pyridine rings is 1. The normalized spacial score (nSPS) is 10.3. The Labute approximate surface area is 160 Å². The molecule has 0 spiro atoms. The predicted octanol–water partition coefficient (Wildman–Crippen LogP) is 4.06. The predicted molar refractivity (Wildman–Crippen MR) is 101 cm³/mol. The average molecular weight is 384 g/mol. The van der Waals surface area contributed by atoms with E-state index >= 15 is 0 Å². The Morgan fingerprint density at radius 3 is 2.37 bits per heavy atom. The molecule has 136 valence electrons. The molecule has 0 aliphatic heterocycles. The van der Waals surface area contributed by atoms with Crippen molar-refractivity contribution in [1.82, 2.24) is 10.3 Å². The molecular formula is C20H15ClFN3O2. The van der Waals surface area contributed by atoms with Crippen LogP contribution in [0.4, 0.5) is 10.1 Å². The lowest BCUT2D eigenvalue weighted by molar-refractivity contribution is 0.0945. The fourth-order valence-corrected chi connectivity index (χ4v) is 2.56. The van der Waals surface area contributed by atoms with Crippen LogP contribution in [0.25, 0.3) is 0 Å². The van der Waals surface area contributed by atoms with Crippen molar-refractivity contribution in [3.8, 4) is 0 Å². The van der Waals surface area contributed by atoms with Crippen LogP contribution in [0.3, 0.4) is 0 Å². The summed E-state index contributed by atoms with van der Waals surface area (Å²) in [7, 11) is 0. The van der Waals surface area contributed by atoms with Crippen molar-refractivity contribution in [2.75, 3.05) is 5.32 Å². The highest BCUT2D eigenvalue weighted by Crippen LogP contribution is 2.15. The Kier molecular flexibility index (Phi) is 5.78. The summed E-state index contributed by atoms with van der Waals surface area (Å²) in [6.45, 7) is 0.236. The minimum atomic E-state index is -0.540. The number of hydrogen-bond acceptors (Lipinski definition) is 3. The number of hydrogen-bond donors (Lipinski definition) is 2. The molecule has 0 radical (unpaired) electrons. The van der Waals surface area contributed by atoms with Gasteiger partial charge < -0.3 is 10.6 Å². The summed E-state index contributed by atoms with van der Waals surface area (Å²) in [5, 5.41) is 5.80.